The predicted octanol–water partition coefficient (Wildman–Crippen LogP) is 1.40. The molecule has 0 radical (unpaired) electrons. The molecule has 100 valence electrons. The molecule has 18 heavy (non-hydrogen) atoms. The van der Waals surface area contributed by atoms with Gasteiger partial charge in [0.05, 0.1) is 19.2 Å². The molecule has 0 aliphatic heterocycles. The molecule has 1 aromatic rings. The Bertz CT molecular complexity index is 437. The number of hydrogen-bond donors (Lipinski definition) is 1. The van der Waals surface area contributed by atoms with Crippen LogP contribution in [0.2, 0.25) is 0 Å². The topological polar surface area (TPSA) is 81.4 Å². The lowest BCUT2D eigenvalue weighted by Crippen LogP contribution is -2.27. The fourth-order valence-electron chi connectivity index (χ4n) is 1.53. The van der Waals surface area contributed by atoms with E-state index in [0.29, 0.717) is 17.0 Å². The Morgan fingerprint density at radius 2 is 2.11 bits per heavy atom. The highest BCUT2D eigenvalue weighted by atomic mass is 16.5. The standard InChI is InChI=1S/C12H18N2O4/c1-7(2)11-10(8(3)14-18-11)12(16)13-6-5-9(15)17-4/h7H,5-6H2,1-4H3,(H,13,16). The number of nitrogens with zero attached hydrogens (tertiary/aromatic N) is 1. The lowest BCUT2D eigenvalue weighted by molar-refractivity contribution is -0.140. The fraction of sp³-hybridized carbons (Fsp3) is 0.583. The average molecular weight is 254 g/mol. The summed E-state index contributed by atoms with van der Waals surface area (Å²) >= 11 is 0. The molecule has 0 fully saturated rings. The van der Waals surface area contributed by atoms with Crippen LogP contribution in [0.3, 0.4) is 0 Å². The van der Waals surface area contributed by atoms with Gasteiger partial charge in [-0.25, -0.2) is 0 Å². The summed E-state index contributed by atoms with van der Waals surface area (Å²) in [4.78, 5) is 22.9. The summed E-state index contributed by atoms with van der Waals surface area (Å²) in [7, 11) is 1.31. The van der Waals surface area contributed by atoms with E-state index in [1.807, 2.05) is 13.8 Å². The minimum atomic E-state index is -0.360. The summed E-state index contributed by atoms with van der Waals surface area (Å²) in [6.07, 6.45) is 0.142. The summed E-state index contributed by atoms with van der Waals surface area (Å²) < 4.78 is 9.61. The molecule has 1 amide bonds. The first kappa shape index (κ1) is 14.2. The fourth-order valence-corrected chi connectivity index (χ4v) is 1.53. The van der Waals surface area contributed by atoms with Gasteiger partial charge in [-0.15, -0.1) is 0 Å². The lowest BCUT2D eigenvalue weighted by atomic mass is 10.0. The van der Waals surface area contributed by atoms with Gasteiger partial charge in [0, 0.05) is 12.5 Å². The Balaban J connectivity index is 2.67. The number of methoxy groups -OCH3 is 1. The number of nitrogens with one attached hydrogen (secondary N) is 1. The number of carbonyl (C=O) groups excluding carboxylic acids is 2. The molecule has 0 saturated heterocycles. The maximum Gasteiger partial charge on any atom is 0.307 e. The monoisotopic (exact) mass is 254 g/mol. The van der Waals surface area contributed by atoms with Gasteiger partial charge in [0.25, 0.3) is 5.91 Å². The van der Waals surface area contributed by atoms with Crippen LogP contribution in [0.4, 0.5) is 0 Å². The number of carbonyl (C=O) groups is 2. The summed E-state index contributed by atoms with van der Waals surface area (Å²) in [5, 5.41) is 6.44. The van der Waals surface area contributed by atoms with Gasteiger partial charge in [0.15, 0.2) is 5.76 Å². The third-order valence-corrected chi connectivity index (χ3v) is 2.48. The molecule has 1 rings (SSSR count). The number of aromatic nitrogens is 1. The van der Waals surface area contributed by atoms with Crippen molar-refractivity contribution in [1.29, 1.82) is 0 Å². The van der Waals surface area contributed by atoms with Crippen molar-refractivity contribution in [3.8, 4) is 0 Å². The normalized spacial score (nSPS) is 10.5. The van der Waals surface area contributed by atoms with Crippen LogP contribution in [0, 0.1) is 6.92 Å². The maximum absolute atomic E-state index is 12.0. The first-order chi connectivity index (χ1) is 8.47. The van der Waals surface area contributed by atoms with Gasteiger partial charge in [-0.05, 0) is 6.92 Å². The molecular weight excluding hydrogens is 236 g/mol. The quantitative estimate of drug-likeness (QED) is 0.803. The van der Waals surface area contributed by atoms with Crippen molar-refractivity contribution < 1.29 is 18.8 Å². The van der Waals surface area contributed by atoms with Gasteiger partial charge >= 0.3 is 5.97 Å². The molecule has 0 unspecified atom stereocenters. The van der Waals surface area contributed by atoms with Crippen molar-refractivity contribution in [2.75, 3.05) is 13.7 Å². The van der Waals surface area contributed by atoms with E-state index in [2.05, 4.69) is 15.2 Å². The molecule has 6 heteroatoms. The molecule has 0 aliphatic carbocycles. The van der Waals surface area contributed by atoms with Crippen molar-refractivity contribution in [2.45, 2.75) is 33.1 Å². The zero-order valence-corrected chi connectivity index (χ0v) is 11.1. The van der Waals surface area contributed by atoms with E-state index in [-0.39, 0.29) is 30.8 Å². The van der Waals surface area contributed by atoms with Gasteiger partial charge in [-0.1, -0.05) is 19.0 Å². The number of aryl methyl sites for hydroxylation is 1. The number of esters is 1. The molecule has 0 saturated carbocycles. The molecule has 6 nitrogen and oxygen atoms in total. The second-order valence-corrected chi connectivity index (χ2v) is 4.24. The van der Waals surface area contributed by atoms with Crippen LogP contribution < -0.4 is 5.32 Å². The number of amides is 1. The zero-order valence-electron chi connectivity index (χ0n) is 11.1. The van der Waals surface area contributed by atoms with Crippen molar-refractivity contribution >= 4 is 11.9 Å². The summed E-state index contributed by atoms with van der Waals surface area (Å²) in [5.41, 5.74) is 1.00. The van der Waals surface area contributed by atoms with Gasteiger partial charge in [-0.3, -0.25) is 9.59 Å². The summed E-state index contributed by atoms with van der Waals surface area (Å²) in [6, 6.07) is 0. The highest BCUT2D eigenvalue weighted by Gasteiger charge is 2.22. The summed E-state index contributed by atoms with van der Waals surface area (Å²) in [6.45, 7) is 5.79. The predicted molar refractivity (Wildman–Crippen MR) is 64.3 cm³/mol. The first-order valence-corrected chi connectivity index (χ1v) is 5.78. The van der Waals surface area contributed by atoms with E-state index < -0.39 is 0 Å². The van der Waals surface area contributed by atoms with Crippen LogP contribution in [-0.2, 0) is 9.53 Å². The number of hydrogen-bond acceptors (Lipinski definition) is 5. The van der Waals surface area contributed by atoms with Gasteiger partial charge in [0.1, 0.15) is 5.56 Å². The van der Waals surface area contributed by atoms with Crippen LogP contribution >= 0.6 is 0 Å². The Kier molecular flexibility index (Phi) is 4.88. The molecular formula is C12H18N2O4. The summed E-state index contributed by atoms with van der Waals surface area (Å²) in [5.74, 6) is -0.00148. The van der Waals surface area contributed by atoms with Crippen LogP contribution in [-0.4, -0.2) is 30.7 Å². The van der Waals surface area contributed by atoms with Crippen molar-refractivity contribution in [3.05, 3.63) is 17.0 Å². The first-order valence-electron chi connectivity index (χ1n) is 5.78. The van der Waals surface area contributed by atoms with Crippen molar-refractivity contribution in [1.82, 2.24) is 10.5 Å². The lowest BCUT2D eigenvalue weighted by Gasteiger charge is -2.06. The Labute approximate surface area is 106 Å². The Morgan fingerprint density at radius 3 is 2.67 bits per heavy atom. The third kappa shape index (κ3) is 3.32. The largest absolute Gasteiger partial charge is 0.469 e. The van der Waals surface area contributed by atoms with E-state index in [1.165, 1.54) is 7.11 Å². The molecule has 0 bridgehead atoms. The van der Waals surface area contributed by atoms with Crippen LogP contribution in [0.5, 0.6) is 0 Å². The van der Waals surface area contributed by atoms with E-state index in [1.54, 1.807) is 6.92 Å². The molecule has 0 aliphatic rings. The maximum atomic E-state index is 12.0. The molecule has 0 spiro atoms. The molecule has 1 aromatic heterocycles. The van der Waals surface area contributed by atoms with Gasteiger partial charge < -0.3 is 14.6 Å². The second-order valence-electron chi connectivity index (χ2n) is 4.24. The minimum absolute atomic E-state index is 0.0764. The second kappa shape index (κ2) is 6.18. The molecule has 0 atom stereocenters. The number of rotatable bonds is 5. The van der Waals surface area contributed by atoms with Crippen molar-refractivity contribution in [3.63, 3.8) is 0 Å². The smallest absolute Gasteiger partial charge is 0.307 e. The average Bonchev–Trinajstić information content (AvgIpc) is 2.70. The van der Waals surface area contributed by atoms with Gasteiger partial charge in [0.2, 0.25) is 0 Å². The third-order valence-electron chi connectivity index (χ3n) is 2.48. The Morgan fingerprint density at radius 1 is 1.44 bits per heavy atom. The van der Waals surface area contributed by atoms with E-state index in [4.69, 9.17) is 4.52 Å². The highest BCUT2D eigenvalue weighted by Crippen LogP contribution is 2.21. The van der Waals surface area contributed by atoms with E-state index in [0.717, 1.165) is 0 Å². The van der Waals surface area contributed by atoms with Gasteiger partial charge in [-0.2, -0.15) is 0 Å². The zero-order chi connectivity index (χ0) is 13.7. The van der Waals surface area contributed by atoms with Crippen LogP contribution in [0.15, 0.2) is 4.52 Å². The molecule has 0 aromatic carbocycles. The van der Waals surface area contributed by atoms with E-state index >= 15 is 0 Å². The van der Waals surface area contributed by atoms with Crippen LogP contribution in [0.25, 0.3) is 0 Å². The molecule has 1 heterocycles. The number of ether oxygens (including phenoxy) is 1. The van der Waals surface area contributed by atoms with Crippen molar-refractivity contribution in [2.24, 2.45) is 0 Å². The molecule has 1 N–H and O–H groups in total. The Hall–Kier alpha value is -1.85. The van der Waals surface area contributed by atoms with E-state index in [9.17, 15) is 9.59 Å². The minimum Gasteiger partial charge on any atom is -0.469 e. The van der Waals surface area contributed by atoms with Crippen LogP contribution in [0.1, 0.15) is 48.0 Å². The highest BCUT2D eigenvalue weighted by molar-refractivity contribution is 5.96. The SMILES string of the molecule is COC(=O)CCNC(=O)c1c(C)noc1C(C)C.